The molecule has 0 spiro atoms. The summed E-state index contributed by atoms with van der Waals surface area (Å²) in [6, 6.07) is 0. The molecular weight excluding hydrogens is 483 g/mol. The summed E-state index contributed by atoms with van der Waals surface area (Å²) in [5.74, 6) is 1.06. The van der Waals surface area contributed by atoms with E-state index >= 15 is 0 Å². The van der Waals surface area contributed by atoms with Crippen LogP contribution in [0.1, 0.15) is 83.5 Å². The fraction of sp³-hybridized carbons (Fsp3) is 0.583. The molecule has 1 rings (SSSR count). The van der Waals surface area contributed by atoms with E-state index in [0.717, 1.165) is 25.2 Å². The predicted octanol–water partition coefficient (Wildman–Crippen LogP) is 5.09. The van der Waals surface area contributed by atoms with Crippen molar-refractivity contribution in [3.05, 3.63) is 51.6 Å². The molecule has 7 heteroatoms. The van der Waals surface area contributed by atoms with E-state index in [0.29, 0.717) is 12.8 Å². The van der Waals surface area contributed by atoms with Gasteiger partial charge in [-0.1, -0.05) is 57.8 Å². The number of hydrogen-bond donors (Lipinski definition) is 0. The molecule has 0 aromatic heterocycles. The van der Waals surface area contributed by atoms with Gasteiger partial charge in [0, 0.05) is 38.9 Å². The molecule has 1 saturated carbocycles. The van der Waals surface area contributed by atoms with Crippen LogP contribution in [0.25, 0.3) is 0 Å². The van der Waals surface area contributed by atoms with Gasteiger partial charge in [-0.2, -0.15) is 0 Å². The Hall–Kier alpha value is -0.991. The molecule has 1 aliphatic rings. The van der Waals surface area contributed by atoms with Crippen LogP contribution in [0.4, 0.5) is 0 Å². The zero-order chi connectivity index (χ0) is 23.5. The van der Waals surface area contributed by atoms with Gasteiger partial charge in [0.25, 0.3) is 0 Å². The van der Waals surface area contributed by atoms with E-state index in [1.807, 2.05) is 25.7 Å². The van der Waals surface area contributed by atoms with Gasteiger partial charge in [0.05, 0.1) is 7.11 Å². The Morgan fingerprint density at radius 1 is 0.677 bits per heavy atom. The number of unbranched alkanes of at least 4 members (excludes halogenated alkanes) is 10. The van der Waals surface area contributed by atoms with E-state index in [2.05, 4.69) is 24.7 Å². The minimum atomic E-state index is -0.0912. The van der Waals surface area contributed by atoms with Gasteiger partial charge in [0.1, 0.15) is 5.78 Å². The number of esters is 1. The first-order valence-corrected chi connectivity index (χ1v) is 10.2. The molecule has 0 aliphatic heterocycles. The second-order valence-corrected chi connectivity index (χ2v) is 6.56. The first-order valence-electron chi connectivity index (χ1n) is 10.2. The average Bonchev–Trinajstić information content (AvgIpc) is 3.36. The quantitative estimate of drug-likeness (QED) is 0.131. The monoisotopic (exact) mass is 516 g/mol. The molecule has 0 atom stereocenters. The summed E-state index contributed by atoms with van der Waals surface area (Å²) in [6.07, 6.45) is 22.1. The predicted molar refractivity (Wildman–Crippen MR) is 109 cm³/mol. The van der Waals surface area contributed by atoms with E-state index in [4.69, 9.17) is 14.0 Å². The molecule has 6 nitrogen and oxygen atoms in total. The molecule has 0 aromatic carbocycles. The molecule has 31 heavy (non-hydrogen) atoms. The van der Waals surface area contributed by atoms with Crippen LogP contribution in [0.5, 0.6) is 0 Å². The first-order chi connectivity index (χ1) is 14.7. The normalized spacial score (nSPS) is 11.7. The Labute approximate surface area is 202 Å². The van der Waals surface area contributed by atoms with E-state index < -0.39 is 0 Å². The number of carbonyl (C=O) groups is 2. The standard InChI is InChI=1S/C21H33O3.3CO.Tc/c1-24-21(23)18-12-10-8-6-4-2-3-5-7-9-11-17-20(22)19-15-13-14-16-19;3*1-2;/h13-16H,2-12,17-18H2,1H3;;;;/i;;;;1+1. The van der Waals surface area contributed by atoms with Gasteiger partial charge in [0.15, 0.2) is 0 Å². The van der Waals surface area contributed by atoms with E-state index in [9.17, 15) is 9.59 Å². The molecule has 6 radical (unpaired) electrons. The summed E-state index contributed by atoms with van der Waals surface area (Å²) in [5.41, 5.74) is 0. The molecule has 0 saturated heterocycles. The Balaban J connectivity index is -0.000000477. The van der Waals surface area contributed by atoms with Crippen molar-refractivity contribution in [3.63, 3.8) is 0 Å². The summed E-state index contributed by atoms with van der Waals surface area (Å²) in [7, 11) is 1.45. The maximum absolute atomic E-state index is 11.8. The molecule has 0 heterocycles. The molecule has 0 bridgehead atoms. The van der Waals surface area contributed by atoms with Gasteiger partial charge in [-0.3, -0.25) is 9.59 Å². The van der Waals surface area contributed by atoms with Crippen molar-refractivity contribution in [1.82, 2.24) is 0 Å². The van der Waals surface area contributed by atoms with Crippen LogP contribution in [0.2, 0.25) is 0 Å². The van der Waals surface area contributed by atoms with Crippen molar-refractivity contribution < 1.29 is 48.4 Å². The number of hydrogen-bond acceptors (Lipinski definition) is 3. The van der Waals surface area contributed by atoms with Crippen LogP contribution < -0.4 is 0 Å². The van der Waals surface area contributed by atoms with Gasteiger partial charge < -0.3 is 4.74 Å². The zero-order valence-electron chi connectivity index (χ0n) is 18.3. The summed E-state index contributed by atoms with van der Waals surface area (Å²) < 4.78 is 27.1. The van der Waals surface area contributed by atoms with Gasteiger partial charge in [-0.15, -0.1) is 0 Å². The second-order valence-electron chi connectivity index (χ2n) is 6.56. The Morgan fingerprint density at radius 2 is 1.00 bits per heavy atom. The fourth-order valence-corrected chi connectivity index (χ4v) is 2.95. The third kappa shape index (κ3) is 27.0. The third-order valence-corrected chi connectivity index (χ3v) is 4.50. The van der Waals surface area contributed by atoms with Crippen molar-refractivity contribution in [2.24, 2.45) is 0 Å². The second kappa shape index (κ2) is 33.6. The van der Waals surface area contributed by atoms with Gasteiger partial charge in [0.2, 0.25) is 0 Å². The van der Waals surface area contributed by atoms with E-state index in [-0.39, 0.29) is 31.9 Å². The van der Waals surface area contributed by atoms with E-state index in [1.165, 1.54) is 58.5 Å². The Morgan fingerprint density at radius 3 is 1.35 bits per heavy atom. The first kappa shape index (κ1) is 37.3. The molecule has 1 fully saturated rings. The molecule has 0 aromatic rings. The number of ether oxygens (including phenoxy) is 1. The third-order valence-electron chi connectivity index (χ3n) is 4.50. The Kier molecular flexibility index (Phi) is 40.5. The number of methoxy groups -OCH3 is 1. The van der Waals surface area contributed by atoms with Crippen LogP contribution >= 0.6 is 0 Å². The molecular formula is C24H33O6Tc. The van der Waals surface area contributed by atoms with Crippen molar-refractivity contribution in [2.75, 3.05) is 7.11 Å². The van der Waals surface area contributed by atoms with Crippen molar-refractivity contribution in [1.29, 1.82) is 0 Å². The van der Waals surface area contributed by atoms with Gasteiger partial charge in [-0.25, -0.2) is 0 Å². The minimum absolute atomic E-state index is 0. The van der Waals surface area contributed by atoms with Gasteiger partial charge >= 0.3 is 39.9 Å². The number of rotatable bonds is 15. The SMILES string of the molecule is COC(=O)CCCCCCCCCCCCCC(=O)[C]1[CH][CH][CH][CH]1.[99Tc].[C-]#[O+].[C-]#[O+].[C-]#[O+]. The summed E-state index contributed by atoms with van der Waals surface area (Å²) in [6.45, 7) is 13.5. The van der Waals surface area contributed by atoms with Crippen molar-refractivity contribution in [2.45, 2.75) is 83.5 Å². The van der Waals surface area contributed by atoms with Crippen LogP contribution in [-0.4, -0.2) is 18.9 Å². The van der Waals surface area contributed by atoms with Crippen LogP contribution in [-0.2, 0) is 48.4 Å². The summed E-state index contributed by atoms with van der Waals surface area (Å²) in [4.78, 5) is 22.8. The maximum atomic E-state index is 11.8. The molecule has 1 aliphatic carbocycles. The van der Waals surface area contributed by atoms with Crippen molar-refractivity contribution >= 4 is 11.8 Å². The van der Waals surface area contributed by atoms with Crippen LogP contribution in [0.3, 0.4) is 0 Å². The van der Waals surface area contributed by atoms with E-state index in [1.54, 1.807) is 0 Å². The van der Waals surface area contributed by atoms with Crippen LogP contribution in [0.15, 0.2) is 0 Å². The Bertz CT molecular complexity index is 438. The molecule has 0 amide bonds. The van der Waals surface area contributed by atoms with Crippen LogP contribution in [0, 0.1) is 51.6 Å². The number of ketones is 1. The average molecular weight is 516 g/mol. The summed E-state index contributed by atoms with van der Waals surface area (Å²) >= 11 is 0. The van der Waals surface area contributed by atoms with Crippen molar-refractivity contribution in [3.8, 4) is 0 Å². The topological polar surface area (TPSA) is 103 Å². The molecule has 172 valence electrons. The molecule has 0 unspecified atom stereocenters. The fourth-order valence-electron chi connectivity index (χ4n) is 2.95. The van der Waals surface area contributed by atoms with Gasteiger partial charge in [-0.05, 0) is 38.5 Å². The zero-order valence-corrected chi connectivity index (χ0v) is 20.2. The number of carbonyl (C=O) groups excluding carboxylic acids is 2. The number of Topliss-reactive ketones (excluding diaryl/α,β-unsaturated/α-hetero) is 1. The summed E-state index contributed by atoms with van der Waals surface area (Å²) in [5, 5.41) is 0. The molecule has 0 N–H and O–H groups in total.